The van der Waals surface area contributed by atoms with Crippen LogP contribution >= 0.6 is 0 Å². The molecule has 2 unspecified atom stereocenters. The number of phenols is 1. The van der Waals surface area contributed by atoms with Crippen molar-refractivity contribution in [3.63, 3.8) is 0 Å². The van der Waals surface area contributed by atoms with Crippen molar-refractivity contribution in [2.24, 2.45) is 11.8 Å². The minimum atomic E-state index is -0.831. The molecule has 1 saturated carbocycles. The SMILES string of the molecule is CC(C)(C)OC(=O)NC(=N)c1ccc(O)c(C#CC2CCCCCCCC2C(=O)O)c1. The fourth-order valence-electron chi connectivity index (χ4n) is 3.57. The largest absolute Gasteiger partial charge is 0.507 e. The number of ether oxygens (including phenoxy) is 1. The molecule has 7 heteroatoms. The van der Waals surface area contributed by atoms with E-state index in [4.69, 9.17) is 10.1 Å². The van der Waals surface area contributed by atoms with Crippen LogP contribution in [0.1, 0.15) is 76.8 Å². The Kier molecular flexibility index (Phi) is 8.49. The van der Waals surface area contributed by atoms with Gasteiger partial charge in [-0.3, -0.25) is 15.5 Å². The second kappa shape index (κ2) is 10.9. The van der Waals surface area contributed by atoms with Crippen molar-refractivity contribution in [1.82, 2.24) is 5.32 Å². The highest BCUT2D eigenvalue weighted by atomic mass is 16.6. The molecule has 1 amide bonds. The average Bonchev–Trinajstić information content (AvgIpc) is 2.77. The normalized spacial score (nSPS) is 19.6. The molecule has 0 aliphatic heterocycles. The van der Waals surface area contributed by atoms with Crippen molar-refractivity contribution in [3.05, 3.63) is 29.3 Å². The van der Waals surface area contributed by atoms with Crippen molar-refractivity contribution in [3.8, 4) is 17.6 Å². The lowest BCUT2D eigenvalue weighted by Crippen LogP contribution is -2.36. The number of carboxylic acid groups (broad SMARTS) is 1. The molecule has 31 heavy (non-hydrogen) atoms. The van der Waals surface area contributed by atoms with E-state index in [1.54, 1.807) is 20.8 Å². The zero-order valence-electron chi connectivity index (χ0n) is 18.5. The maximum absolute atomic E-state index is 11.9. The molecule has 168 valence electrons. The van der Waals surface area contributed by atoms with E-state index in [1.807, 2.05) is 0 Å². The van der Waals surface area contributed by atoms with Gasteiger partial charge in [-0.1, -0.05) is 43.9 Å². The van der Waals surface area contributed by atoms with E-state index in [2.05, 4.69) is 17.2 Å². The summed E-state index contributed by atoms with van der Waals surface area (Å²) in [5.74, 6) is 4.10. The number of carboxylic acids is 1. The number of aromatic hydroxyl groups is 1. The first-order valence-electron chi connectivity index (χ1n) is 10.7. The number of rotatable bonds is 2. The average molecular weight is 429 g/mol. The van der Waals surface area contributed by atoms with E-state index in [0.717, 1.165) is 32.1 Å². The van der Waals surface area contributed by atoms with Gasteiger partial charge in [0.2, 0.25) is 0 Å². The van der Waals surface area contributed by atoms with Gasteiger partial charge in [-0.05, 0) is 51.8 Å². The van der Waals surface area contributed by atoms with E-state index < -0.39 is 23.6 Å². The number of amides is 1. The number of benzene rings is 1. The molecule has 2 rings (SSSR count). The Hall–Kier alpha value is -3.01. The molecule has 0 heterocycles. The molecule has 0 saturated heterocycles. The first-order chi connectivity index (χ1) is 14.6. The highest BCUT2D eigenvalue weighted by Gasteiger charge is 2.27. The van der Waals surface area contributed by atoms with E-state index >= 15 is 0 Å². The summed E-state index contributed by atoms with van der Waals surface area (Å²) in [4.78, 5) is 23.7. The number of aliphatic carboxylic acids is 1. The molecule has 4 N–H and O–H groups in total. The van der Waals surface area contributed by atoms with Gasteiger partial charge in [-0.2, -0.15) is 0 Å². The number of hydrogen-bond acceptors (Lipinski definition) is 5. The van der Waals surface area contributed by atoms with Crippen LogP contribution in [0.3, 0.4) is 0 Å². The second-order valence-electron chi connectivity index (χ2n) is 8.90. The van der Waals surface area contributed by atoms with Gasteiger partial charge in [0.15, 0.2) is 0 Å². The summed E-state index contributed by atoms with van der Waals surface area (Å²) in [5.41, 5.74) is -0.0397. The maximum atomic E-state index is 11.9. The van der Waals surface area contributed by atoms with Crippen molar-refractivity contribution < 1.29 is 24.5 Å². The van der Waals surface area contributed by atoms with E-state index in [1.165, 1.54) is 18.2 Å². The monoisotopic (exact) mass is 428 g/mol. The number of alkyl carbamates (subject to hydrolysis) is 1. The maximum Gasteiger partial charge on any atom is 0.413 e. The van der Waals surface area contributed by atoms with Crippen LogP contribution in [0.4, 0.5) is 4.79 Å². The molecule has 1 aromatic carbocycles. The number of carbonyl (C=O) groups excluding carboxylic acids is 1. The summed E-state index contributed by atoms with van der Waals surface area (Å²) >= 11 is 0. The summed E-state index contributed by atoms with van der Waals surface area (Å²) < 4.78 is 5.15. The molecule has 7 nitrogen and oxygen atoms in total. The highest BCUT2D eigenvalue weighted by molar-refractivity contribution is 6.04. The van der Waals surface area contributed by atoms with E-state index in [-0.39, 0.29) is 23.1 Å². The summed E-state index contributed by atoms with van der Waals surface area (Å²) in [5, 5.41) is 30.3. The third-order valence-electron chi connectivity index (χ3n) is 5.14. The van der Waals surface area contributed by atoms with Crippen molar-refractivity contribution >= 4 is 17.9 Å². The van der Waals surface area contributed by atoms with Crippen LogP contribution in [0.5, 0.6) is 5.75 Å². The second-order valence-corrected chi connectivity index (χ2v) is 8.90. The van der Waals surface area contributed by atoms with Crippen LogP contribution in [0.25, 0.3) is 0 Å². The predicted molar refractivity (Wildman–Crippen MR) is 118 cm³/mol. The van der Waals surface area contributed by atoms with E-state index in [0.29, 0.717) is 18.4 Å². The molecule has 1 fully saturated rings. The Morgan fingerprint density at radius 3 is 2.42 bits per heavy atom. The minimum Gasteiger partial charge on any atom is -0.507 e. The molecule has 2 atom stereocenters. The Morgan fingerprint density at radius 2 is 1.77 bits per heavy atom. The summed E-state index contributed by atoms with van der Waals surface area (Å²) in [6.45, 7) is 5.19. The van der Waals surface area contributed by atoms with Gasteiger partial charge in [0.25, 0.3) is 0 Å². The fraction of sp³-hybridized carbons (Fsp3) is 0.542. The third kappa shape index (κ3) is 7.97. The molecule has 1 aliphatic carbocycles. The zero-order chi connectivity index (χ0) is 23.0. The predicted octanol–water partition coefficient (Wildman–Crippen LogP) is 4.66. The molecule has 1 aromatic rings. The molecule has 0 radical (unpaired) electrons. The van der Waals surface area contributed by atoms with Crippen LogP contribution in [0, 0.1) is 29.1 Å². The van der Waals surface area contributed by atoms with E-state index in [9.17, 15) is 19.8 Å². The molecule has 0 spiro atoms. The molecule has 0 aromatic heterocycles. The van der Waals surface area contributed by atoms with Gasteiger partial charge in [-0.15, -0.1) is 0 Å². The number of carbonyl (C=O) groups is 2. The lowest BCUT2D eigenvalue weighted by molar-refractivity contribution is -0.143. The van der Waals surface area contributed by atoms with Gasteiger partial charge < -0.3 is 14.9 Å². The van der Waals surface area contributed by atoms with Crippen LogP contribution in [-0.2, 0) is 9.53 Å². The Bertz CT molecular complexity index is 876. The van der Waals surface area contributed by atoms with Crippen molar-refractivity contribution in [2.45, 2.75) is 71.3 Å². The minimum absolute atomic E-state index is 0.0590. The van der Waals surface area contributed by atoms with Gasteiger partial charge in [-0.25, -0.2) is 4.79 Å². The van der Waals surface area contributed by atoms with Crippen LogP contribution in [0.2, 0.25) is 0 Å². The summed E-state index contributed by atoms with van der Waals surface area (Å²) in [6.07, 6.45) is 5.60. The molecular weight excluding hydrogens is 396 g/mol. The quantitative estimate of drug-likeness (QED) is 0.310. The highest BCUT2D eigenvalue weighted by Crippen LogP contribution is 2.28. The van der Waals surface area contributed by atoms with Gasteiger partial charge in [0, 0.05) is 11.5 Å². The Labute approximate surface area is 183 Å². The zero-order valence-corrected chi connectivity index (χ0v) is 18.5. The topological polar surface area (TPSA) is 120 Å². The van der Waals surface area contributed by atoms with Gasteiger partial charge in [0.05, 0.1) is 11.5 Å². The molecular formula is C24H32N2O5. The lowest BCUT2D eigenvalue weighted by Gasteiger charge is -2.20. The molecule has 1 aliphatic rings. The Balaban J connectivity index is 2.21. The number of phenolic OH excluding ortho intramolecular Hbond substituents is 1. The summed E-state index contributed by atoms with van der Waals surface area (Å²) in [6, 6.07) is 4.41. The van der Waals surface area contributed by atoms with Crippen molar-refractivity contribution in [2.75, 3.05) is 0 Å². The number of nitrogens with one attached hydrogen (secondary N) is 2. The first kappa shape index (κ1) is 24.3. The van der Waals surface area contributed by atoms with Crippen LogP contribution < -0.4 is 5.32 Å². The number of hydrogen-bond donors (Lipinski definition) is 4. The standard InChI is InChI=1S/C24H32N2O5/c1-24(2,3)31-23(30)26-21(25)18-13-14-20(27)17(15-18)12-11-16-9-7-5-4-6-8-10-19(16)22(28)29/h13-16,19,27H,4-10H2,1-3H3,(H,28,29)(H2,25,26,30). The molecule has 0 bridgehead atoms. The first-order valence-corrected chi connectivity index (χ1v) is 10.7. The van der Waals surface area contributed by atoms with Gasteiger partial charge in [0.1, 0.15) is 17.2 Å². The third-order valence-corrected chi connectivity index (χ3v) is 5.14. The lowest BCUT2D eigenvalue weighted by atomic mass is 9.85. The summed E-state index contributed by atoms with van der Waals surface area (Å²) in [7, 11) is 0. The Morgan fingerprint density at radius 1 is 1.13 bits per heavy atom. The van der Waals surface area contributed by atoms with Crippen molar-refractivity contribution in [1.29, 1.82) is 5.41 Å². The van der Waals surface area contributed by atoms with Crippen LogP contribution in [-0.4, -0.2) is 33.7 Å². The smallest absolute Gasteiger partial charge is 0.413 e. The number of amidine groups is 1. The fourth-order valence-corrected chi connectivity index (χ4v) is 3.57. The van der Waals surface area contributed by atoms with Gasteiger partial charge >= 0.3 is 12.1 Å². The van der Waals surface area contributed by atoms with Crippen LogP contribution in [0.15, 0.2) is 18.2 Å².